The molecule has 3 aromatic rings. The minimum Gasteiger partial charge on any atom is -0.507 e. The first-order chi connectivity index (χ1) is 23.3. The monoisotopic (exact) mass is 752 g/mol. The second kappa shape index (κ2) is 18.0. The lowest BCUT2D eigenvalue weighted by Gasteiger charge is -2.33. The zero-order valence-corrected chi connectivity index (χ0v) is 34.1. The highest BCUT2D eigenvalue weighted by molar-refractivity contribution is 7.80. The quantitative estimate of drug-likeness (QED) is 0.0889. The molecular formula is C39H55Cl2O8P. The van der Waals surface area contributed by atoms with Crippen molar-refractivity contribution in [2.24, 2.45) is 0 Å². The second-order valence-corrected chi connectivity index (χ2v) is 18.0. The lowest BCUT2D eigenvalue weighted by atomic mass is 9.86. The van der Waals surface area contributed by atoms with E-state index >= 15 is 0 Å². The van der Waals surface area contributed by atoms with Crippen LogP contribution >= 0.6 is 31.1 Å². The highest BCUT2D eigenvalue weighted by Gasteiger charge is 2.36. The van der Waals surface area contributed by atoms with Crippen molar-refractivity contribution in [3.8, 4) is 23.0 Å². The van der Waals surface area contributed by atoms with E-state index in [-0.39, 0.29) is 30.2 Å². The predicted molar refractivity (Wildman–Crippen MR) is 206 cm³/mol. The number of phenolic OH excluding ortho intramolecular Hbond substituents is 1. The van der Waals surface area contributed by atoms with E-state index in [1.165, 1.54) is 0 Å². The molecule has 0 aromatic heterocycles. The van der Waals surface area contributed by atoms with E-state index in [9.17, 15) is 5.11 Å². The third-order valence-corrected chi connectivity index (χ3v) is 10.8. The number of hydrogen-bond donors (Lipinski definition) is 1. The summed E-state index contributed by atoms with van der Waals surface area (Å²) < 4.78 is 41.0. The van der Waals surface area contributed by atoms with Crippen LogP contribution in [0.25, 0.3) is 0 Å². The first kappa shape index (κ1) is 42.1. The largest absolute Gasteiger partial charge is 0.507 e. The smallest absolute Gasteiger partial charge is 0.189 e. The van der Waals surface area contributed by atoms with Crippen molar-refractivity contribution in [2.45, 2.75) is 78.6 Å². The van der Waals surface area contributed by atoms with E-state index < -0.39 is 13.3 Å². The minimum absolute atomic E-state index is 0.0267. The van der Waals surface area contributed by atoms with Crippen LogP contribution in [0.4, 0.5) is 0 Å². The van der Waals surface area contributed by atoms with E-state index in [1.807, 2.05) is 36.4 Å². The minimum atomic E-state index is -1.72. The van der Waals surface area contributed by atoms with Gasteiger partial charge in [-0.25, -0.2) is 0 Å². The lowest BCUT2D eigenvalue weighted by molar-refractivity contribution is -0.00870. The summed E-state index contributed by atoms with van der Waals surface area (Å²) in [4.78, 5) is 0. The molecule has 1 N–H and O–H groups in total. The lowest BCUT2D eigenvalue weighted by Crippen LogP contribution is -2.30. The summed E-state index contributed by atoms with van der Waals surface area (Å²) in [5.41, 5.74) is 1.30. The second-order valence-electron chi connectivity index (χ2n) is 15.1. The Morgan fingerprint density at radius 1 is 0.560 bits per heavy atom. The normalized spacial score (nSPS) is 12.5. The molecule has 0 heterocycles. The Morgan fingerprint density at radius 2 is 0.980 bits per heavy atom. The molecule has 0 atom stereocenters. The maximum atomic E-state index is 12.3. The van der Waals surface area contributed by atoms with Crippen molar-refractivity contribution >= 4 is 47.0 Å². The van der Waals surface area contributed by atoms with Crippen LogP contribution in [0, 0.1) is 0 Å². The number of ether oxygens (including phenoxy) is 7. The molecule has 0 amide bonds. The fourth-order valence-electron chi connectivity index (χ4n) is 5.35. The van der Waals surface area contributed by atoms with Gasteiger partial charge in [-0.15, -0.1) is 0 Å². The van der Waals surface area contributed by atoms with Crippen LogP contribution in [0.5, 0.6) is 23.0 Å². The van der Waals surface area contributed by atoms with Crippen LogP contribution in [0.15, 0.2) is 36.4 Å². The van der Waals surface area contributed by atoms with Gasteiger partial charge in [-0.05, 0) is 60.6 Å². The Balaban J connectivity index is 2.55. The van der Waals surface area contributed by atoms with Gasteiger partial charge in [0, 0.05) is 56.9 Å². The molecule has 0 spiro atoms. The molecule has 0 fully saturated rings. The first-order valence-corrected chi connectivity index (χ1v) is 18.7. The molecular weight excluding hydrogens is 698 g/mol. The average molecular weight is 754 g/mol. The van der Waals surface area contributed by atoms with Crippen molar-refractivity contribution in [1.82, 2.24) is 0 Å². The third kappa shape index (κ3) is 10.9. The summed E-state index contributed by atoms with van der Waals surface area (Å²) in [6.07, 6.45) is 0. The first-order valence-electron chi connectivity index (χ1n) is 16.6. The molecule has 50 heavy (non-hydrogen) atoms. The number of aromatic hydroxyl groups is 1. The molecule has 0 aliphatic heterocycles. The zero-order valence-electron chi connectivity index (χ0n) is 31.7. The van der Waals surface area contributed by atoms with Crippen LogP contribution in [-0.4, -0.2) is 66.4 Å². The van der Waals surface area contributed by atoms with Crippen molar-refractivity contribution in [1.29, 1.82) is 0 Å². The molecule has 11 heteroatoms. The van der Waals surface area contributed by atoms with Crippen LogP contribution in [-0.2, 0) is 35.2 Å². The molecule has 0 aliphatic rings. The van der Waals surface area contributed by atoms with Crippen molar-refractivity contribution < 1.29 is 38.3 Å². The van der Waals surface area contributed by atoms with Gasteiger partial charge in [-0.1, -0.05) is 85.5 Å². The van der Waals surface area contributed by atoms with E-state index in [4.69, 9.17) is 56.4 Å². The van der Waals surface area contributed by atoms with Gasteiger partial charge >= 0.3 is 0 Å². The molecule has 8 nitrogen and oxygen atoms in total. The van der Waals surface area contributed by atoms with Crippen molar-refractivity contribution in [2.75, 3.05) is 61.3 Å². The molecule has 0 unspecified atom stereocenters. The highest BCUT2D eigenvalue weighted by Crippen LogP contribution is 2.50. The van der Waals surface area contributed by atoms with Gasteiger partial charge in [-0.3, -0.25) is 0 Å². The number of methoxy groups -OCH3 is 3. The average Bonchev–Trinajstić information content (AvgIpc) is 3.01. The zero-order chi connectivity index (χ0) is 37.4. The Morgan fingerprint density at radius 3 is 1.34 bits per heavy atom. The molecule has 278 valence electrons. The van der Waals surface area contributed by atoms with Gasteiger partial charge in [0.2, 0.25) is 0 Å². The van der Waals surface area contributed by atoms with Gasteiger partial charge in [0.05, 0.1) is 33.5 Å². The number of phenols is 1. The SMILES string of the molecule is COCCOCOc1c(P(c2cc(OC)cc(C(C)(C)C)c2O)c2cc(Cl)cc(C(C)(C)C)c2OCOCCOC)cc(Cl)cc1C(C)(C)C. The van der Waals surface area contributed by atoms with E-state index in [0.29, 0.717) is 59.0 Å². The molecule has 0 radical (unpaired) electrons. The van der Waals surface area contributed by atoms with E-state index in [1.54, 1.807) is 21.3 Å². The maximum absolute atomic E-state index is 12.3. The summed E-state index contributed by atoms with van der Waals surface area (Å²) in [5.74, 6) is 1.94. The van der Waals surface area contributed by atoms with Crippen LogP contribution < -0.4 is 30.1 Å². The van der Waals surface area contributed by atoms with Crippen LogP contribution in [0.2, 0.25) is 10.0 Å². The Kier molecular flexibility index (Phi) is 15.1. The van der Waals surface area contributed by atoms with Gasteiger partial charge in [0.25, 0.3) is 0 Å². The topological polar surface area (TPSA) is 84.8 Å². The summed E-state index contributed by atoms with van der Waals surface area (Å²) in [6, 6.07) is 11.4. The number of hydrogen-bond acceptors (Lipinski definition) is 8. The predicted octanol–water partition coefficient (Wildman–Crippen LogP) is 8.36. The molecule has 0 saturated carbocycles. The van der Waals surface area contributed by atoms with E-state index in [2.05, 4.69) is 62.3 Å². The van der Waals surface area contributed by atoms with Crippen LogP contribution in [0.3, 0.4) is 0 Å². The van der Waals surface area contributed by atoms with E-state index in [0.717, 1.165) is 27.3 Å². The highest BCUT2D eigenvalue weighted by atomic mass is 35.5. The standard InChI is InChI=1S/C39H55Cl2O8P/c1-37(2,3)28-21-27(45-12)22-31(34(28)42)50(32-19-25(40)17-29(38(4,5)6)35(32)48-23-46-15-13-43-10)33-20-26(41)18-30(39(7,8)9)36(33)49-24-47-16-14-44-11/h17-22,42H,13-16,23-24H2,1-12H3. The Bertz CT molecular complexity index is 1490. The fourth-order valence-corrected chi connectivity index (χ4v) is 8.62. The molecule has 3 aromatic carbocycles. The van der Waals surface area contributed by atoms with Gasteiger partial charge in [-0.2, -0.15) is 0 Å². The van der Waals surface area contributed by atoms with Crippen LogP contribution in [0.1, 0.15) is 79.0 Å². The molecule has 0 aliphatic carbocycles. The Hall–Kier alpha value is -2.29. The summed E-state index contributed by atoms with van der Waals surface area (Å²) >= 11 is 14.0. The number of rotatable bonds is 16. The summed E-state index contributed by atoms with van der Waals surface area (Å²) in [7, 11) is 3.15. The summed E-state index contributed by atoms with van der Waals surface area (Å²) in [5, 5.41) is 15.5. The number of benzene rings is 3. The van der Waals surface area contributed by atoms with Crippen molar-refractivity contribution in [3.05, 3.63) is 63.1 Å². The summed E-state index contributed by atoms with van der Waals surface area (Å²) in [6.45, 7) is 20.3. The third-order valence-electron chi connectivity index (χ3n) is 7.95. The van der Waals surface area contributed by atoms with Gasteiger partial charge < -0.3 is 38.3 Å². The maximum Gasteiger partial charge on any atom is 0.189 e. The molecule has 3 rings (SSSR count). The van der Waals surface area contributed by atoms with Gasteiger partial charge in [0.15, 0.2) is 13.6 Å². The van der Waals surface area contributed by atoms with Crippen molar-refractivity contribution in [3.63, 3.8) is 0 Å². The number of halogens is 2. The van der Waals surface area contributed by atoms with Gasteiger partial charge in [0.1, 0.15) is 23.0 Å². The Labute approximate surface area is 310 Å². The molecule has 0 bridgehead atoms. The molecule has 0 saturated heterocycles. The fraction of sp³-hybridized carbons (Fsp3) is 0.538.